The second kappa shape index (κ2) is 7.87. The number of ether oxygens (including phenoxy) is 2. The normalized spacial score (nSPS) is 26.0. The zero-order valence-electron chi connectivity index (χ0n) is 17.5. The molecule has 3 aliphatic heterocycles. The van der Waals surface area contributed by atoms with Crippen LogP contribution in [0, 0.1) is 0 Å². The number of hydrogen-bond donors (Lipinski definition) is 0. The van der Waals surface area contributed by atoms with Gasteiger partial charge in [-0.15, -0.1) is 0 Å². The Hall–Kier alpha value is -1.26. The maximum Gasteiger partial charge on any atom is 0.123 e. The molecule has 4 nitrogen and oxygen atoms in total. The van der Waals surface area contributed by atoms with Gasteiger partial charge in [0.25, 0.3) is 0 Å². The van der Waals surface area contributed by atoms with Gasteiger partial charge in [0, 0.05) is 44.5 Å². The third-order valence-electron chi connectivity index (χ3n) is 7.73. The van der Waals surface area contributed by atoms with Crippen LogP contribution in [0.25, 0.3) is 0 Å². The average Bonchev–Trinajstić information content (AvgIpc) is 2.69. The lowest BCUT2D eigenvalue weighted by atomic mass is 9.81. The van der Waals surface area contributed by atoms with E-state index in [1.807, 2.05) is 0 Å². The first-order chi connectivity index (χ1) is 13.7. The third-order valence-corrected chi connectivity index (χ3v) is 7.73. The van der Waals surface area contributed by atoms with E-state index in [2.05, 4.69) is 34.9 Å². The minimum atomic E-state index is 0.102. The van der Waals surface area contributed by atoms with Crippen molar-refractivity contribution < 1.29 is 9.47 Å². The summed E-state index contributed by atoms with van der Waals surface area (Å²) in [6, 6.07) is 7.80. The van der Waals surface area contributed by atoms with Crippen LogP contribution in [0.5, 0.6) is 5.75 Å². The van der Waals surface area contributed by atoms with Crippen molar-refractivity contribution in [2.45, 2.75) is 82.5 Å². The number of nitrogens with zero attached hydrogens (tertiary/aromatic N) is 2. The zero-order valence-corrected chi connectivity index (χ0v) is 17.5. The van der Waals surface area contributed by atoms with Crippen molar-refractivity contribution in [1.29, 1.82) is 0 Å². The zero-order chi connectivity index (χ0) is 19.0. The van der Waals surface area contributed by atoms with E-state index in [4.69, 9.17) is 9.47 Å². The Morgan fingerprint density at radius 2 is 1.82 bits per heavy atom. The van der Waals surface area contributed by atoms with Gasteiger partial charge in [-0.2, -0.15) is 0 Å². The number of benzene rings is 1. The average molecular weight is 385 g/mol. The molecule has 3 heterocycles. The first-order valence-electron chi connectivity index (χ1n) is 11.7. The second-order valence-electron chi connectivity index (χ2n) is 9.34. The minimum Gasteiger partial charge on any atom is -0.487 e. The molecule has 5 rings (SSSR count). The molecule has 1 aromatic carbocycles. The van der Waals surface area contributed by atoms with Crippen LogP contribution in [0.4, 0.5) is 5.69 Å². The number of likely N-dealkylation sites (tertiary alicyclic amines) is 1. The molecule has 154 valence electrons. The molecule has 1 saturated carbocycles. The number of aryl methyl sites for hydroxylation is 1. The van der Waals surface area contributed by atoms with Crippen molar-refractivity contribution in [2.24, 2.45) is 0 Å². The van der Waals surface area contributed by atoms with Gasteiger partial charge in [0.1, 0.15) is 11.4 Å². The fourth-order valence-electron chi connectivity index (χ4n) is 5.62. The highest BCUT2D eigenvalue weighted by molar-refractivity contribution is 5.54. The number of hydrogen-bond acceptors (Lipinski definition) is 4. The van der Waals surface area contributed by atoms with E-state index < -0.39 is 0 Å². The van der Waals surface area contributed by atoms with Crippen molar-refractivity contribution in [1.82, 2.24) is 4.90 Å². The van der Waals surface area contributed by atoms with Gasteiger partial charge < -0.3 is 19.3 Å². The van der Waals surface area contributed by atoms with Crippen molar-refractivity contribution in [3.63, 3.8) is 0 Å². The van der Waals surface area contributed by atoms with Crippen molar-refractivity contribution >= 4 is 5.69 Å². The van der Waals surface area contributed by atoms with Crippen LogP contribution in [-0.4, -0.2) is 55.4 Å². The van der Waals surface area contributed by atoms with Gasteiger partial charge in [-0.25, -0.2) is 0 Å². The van der Waals surface area contributed by atoms with Crippen molar-refractivity contribution in [3.05, 3.63) is 23.8 Å². The van der Waals surface area contributed by atoms with Gasteiger partial charge in [-0.3, -0.25) is 0 Å². The van der Waals surface area contributed by atoms with E-state index in [-0.39, 0.29) is 5.60 Å². The van der Waals surface area contributed by atoms with Gasteiger partial charge in [-0.05, 0) is 82.1 Å². The molecule has 1 spiro atoms. The molecule has 0 amide bonds. The summed E-state index contributed by atoms with van der Waals surface area (Å²) >= 11 is 0. The molecule has 4 aliphatic rings. The first kappa shape index (κ1) is 18.7. The highest BCUT2D eigenvalue weighted by Crippen LogP contribution is 2.42. The van der Waals surface area contributed by atoms with Crippen LogP contribution in [0.1, 0.15) is 63.9 Å². The smallest absolute Gasteiger partial charge is 0.123 e. The predicted molar refractivity (Wildman–Crippen MR) is 113 cm³/mol. The Labute approximate surface area is 170 Å². The Bertz CT molecular complexity index is 671. The SMILES string of the molecule is CCOC1CCN(c2ccc3c(c2)CCC2(CCN(C4CCC4)CC2)O3)CC1. The van der Waals surface area contributed by atoms with Gasteiger partial charge in [0.2, 0.25) is 0 Å². The van der Waals surface area contributed by atoms with Crippen LogP contribution >= 0.6 is 0 Å². The quantitative estimate of drug-likeness (QED) is 0.768. The summed E-state index contributed by atoms with van der Waals surface area (Å²) < 4.78 is 12.5. The molecule has 4 heteroatoms. The molecular weight excluding hydrogens is 348 g/mol. The molecule has 0 N–H and O–H groups in total. The Kier molecular flexibility index (Phi) is 5.27. The maximum absolute atomic E-state index is 6.67. The fraction of sp³-hybridized carbons (Fsp3) is 0.750. The van der Waals surface area contributed by atoms with Crippen LogP contribution in [0.3, 0.4) is 0 Å². The van der Waals surface area contributed by atoms with E-state index in [1.165, 1.54) is 69.3 Å². The lowest BCUT2D eigenvalue weighted by molar-refractivity contribution is -0.0336. The topological polar surface area (TPSA) is 24.9 Å². The van der Waals surface area contributed by atoms with Gasteiger partial charge in [-0.1, -0.05) is 6.42 Å². The third kappa shape index (κ3) is 3.66. The van der Waals surface area contributed by atoms with Crippen LogP contribution < -0.4 is 9.64 Å². The summed E-state index contributed by atoms with van der Waals surface area (Å²) in [5, 5.41) is 0. The molecule has 0 atom stereocenters. The largest absolute Gasteiger partial charge is 0.487 e. The summed E-state index contributed by atoms with van der Waals surface area (Å²) in [7, 11) is 0. The second-order valence-corrected chi connectivity index (χ2v) is 9.34. The lowest BCUT2D eigenvalue weighted by Gasteiger charge is -2.48. The molecule has 0 aromatic heterocycles. The summed E-state index contributed by atoms with van der Waals surface area (Å²) in [4.78, 5) is 5.25. The number of anilines is 1. The van der Waals surface area contributed by atoms with E-state index in [0.29, 0.717) is 6.10 Å². The number of piperidine rings is 2. The van der Waals surface area contributed by atoms with Crippen LogP contribution in [0.2, 0.25) is 0 Å². The molecule has 0 radical (unpaired) electrons. The standard InChI is InChI=1S/C24H36N2O2/c1-2-27-22-9-14-25(15-10-22)21-6-7-23-19(18-21)8-11-24(28-23)12-16-26(17-13-24)20-4-3-5-20/h6-7,18,20,22H,2-5,8-17H2,1H3. The number of rotatable bonds is 4. The number of fused-ring (bicyclic) bond motifs is 1. The van der Waals surface area contributed by atoms with E-state index in [9.17, 15) is 0 Å². The van der Waals surface area contributed by atoms with Crippen LogP contribution in [-0.2, 0) is 11.2 Å². The van der Waals surface area contributed by atoms with E-state index >= 15 is 0 Å². The van der Waals surface area contributed by atoms with Crippen molar-refractivity contribution in [2.75, 3.05) is 37.7 Å². The predicted octanol–water partition coefficient (Wildman–Crippen LogP) is 4.40. The lowest BCUT2D eigenvalue weighted by Crippen LogP contribution is -2.53. The highest BCUT2D eigenvalue weighted by atomic mass is 16.5. The summed E-state index contributed by atoms with van der Waals surface area (Å²) in [6.07, 6.45) is 11.8. The minimum absolute atomic E-state index is 0.102. The Balaban J connectivity index is 1.21. The Morgan fingerprint density at radius 1 is 1.04 bits per heavy atom. The van der Waals surface area contributed by atoms with Gasteiger partial charge >= 0.3 is 0 Å². The summed E-state index contributed by atoms with van der Waals surface area (Å²) in [6.45, 7) is 7.59. The highest BCUT2D eigenvalue weighted by Gasteiger charge is 2.41. The monoisotopic (exact) mass is 384 g/mol. The van der Waals surface area contributed by atoms with E-state index in [0.717, 1.165) is 44.3 Å². The van der Waals surface area contributed by atoms with E-state index in [1.54, 1.807) is 0 Å². The fourth-order valence-corrected chi connectivity index (χ4v) is 5.62. The molecule has 1 aliphatic carbocycles. The van der Waals surface area contributed by atoms with Gasteiger partial charge in [0.05, 0.1) is 6.10 Å². The molecule has 2 saturated heterocycles. The molecule has 0 unspecified atom stereocenters. The molecule has 28 heavy (non-hydrogen) atoms. The summed E-state index contributed by atoms with van der Waals surface area (Å²) in [5.74, 6) is 1.15. The summed E-state index contributed by atoms with van der Waals surface area (Å²) in [5.41, 5.74) is 2.88. The molecular formula is C24H36N2O2. The first-order valence-corrected chi connectivity index (χ1v) is 11.7. The molecule has 0 bridgehead atoms. The Morgan fingerprint density at radius 3 is 2.50 bits per heavy atom. The van der Waals surface area contributed by atoms with Crippen molar-refractivity contribution in [3.8, 4) is 5.75 Å². The van der Waals surface area contributed by atoms with Crippen LogP contribution in [0.15, 0.2) is 18.2 Å². The maximum atomic E-state index is 6.67. The van der Waals surface area contributed by atoms with Gasteiger partial charge in [0.15, 0.2) is 0 Å². The molecule has 1 aromatic rings. The molecule has 3 fully saturated rings.